The number of carbonyl (C=O) groups is 2. The van der Waals surface area contributed by atoms with E-state index in [1.165, 1.54) is 0 Å². The second-order valence-electron chi connectivity index (χ2n) is 8.81. The van der Waals surface area contributed by atoms with Gasteiger partial charge in [-0.3, -0.25) is 14.5 Å². The lowest BCUT2D eigenvalue weighted by Crippen LogP contribution is -2.61. The molecule has 0 aromatic heterocycles. The van der Waals surface area contributed by atoms with E-state index in [1.807, 2.05) is 47.4 Å². The molecule has 3 aromatic rings. The number of fused-ring (bicyclic) bond motifs is 2. The van der Waals surface area contributed by atoms with Crippen molar-refractivity contribution in [2.45, 2.75) is 24.5 Å². The summed E-state index contributed by atoms with van der Waals surface area (Å²) >= 11 is 19.5. The van der Waals surface area contributed by atoms with Gasteiger partial charge in [-0.1, -0.05) is 77.3 Å². The minimum Gasteiger partial charge on any atom is -0.347 e. The van der Waals surface area contributed by atoms with Crippen LogP contribution in [0.5, 0.6) is 0 Å². The lowest BCUT2D eigenvalue weighted by molar-refractivity contribution is -0.141. The van der Waals surface area contributed by atoms with Gasteiger partial charge < -0.3 is 10.2 Å². The second kappa shape index (κ2) is 8.58. The number of halogens is 3. The molecule has 0 bridgehead atoms. The summed E-state index contributed by atoms with van der Waals surface area (Å²) < 4.78 is 0. The number of amides is 2. The summed E-state index contributed by atoms with van der Waals surface area (Å²) in [5.74, 6) is -0.396. The van der Waals surface area contributed by atoms with E-state index in [9.17, 15) is 9.59 Å². The first kappa shape index (κ1) is 23.2. The average Bonchev–Trinajstić information content (AvgIpc) is 3.09. The normalized spacial score (nSPS) is 21.6. The topological polar surface area (TPSA) is 52.7 Å². The summed E-state index contributed by atoms with van der Waals surface area (Å²) in [7, 11) is 3.45. The fourth-order valence-corrected chi connectivity index (χ4v) is 5.74. The van der Waals surface area contributed by atoms with E-state index in [2.05, 4.69) is 5.32 Å². The Balaban J connectivity index is 1.84. The number of nitrogens with zero attached hydrogens (tertiary/aromatic N) is 2. The van der Waals surface area contributed by atoms with Crippen molar-refractivity contribution in [2.24, 2.45) is 0 Å². The Hall–Kier alpha value is -2.57. The van der Waals surface area contributed by atoms with Crippen LogP contribution in [0.15, 0.2) is 60.7 Å². The summed E-state index contributed by atoms with van der Waals surface area (Å²) in [6.45, 7) is 0.374. The lowest BCUT2D eigenvalue weighted by atomic mass is 9.78. The molecule has 5 nitrogen and oxygen atoms in total. The van der Waals surface area contributed by atoms with Crippen molar-refractivity contribution in [2.75, 3.05) is 19.4 Å². The van der Waals surface area contributed by atoms with E-state index in [4.69, 9.17) is 34.8 Å². The van der Waals surface area contributed by atoms with E-state index in [0.29, 0.717) is 44.8 Å². The Labute approximate surface area is 213 Å². The number of anilines is 1. The molecule has 0 fully saturated rings. The van der Waals surface area contributed by atoms with Crippen molar-refractivity contribution in [1.29, 1.82) is 0 Å². The van der Waals surface area contributed by atoms with Crippen LogP contribution in [0.25, 0.3) is 0 Å². The number of hydrogen-bond donors (Lipinski definition) is 1. The van der Waals surface area contributed by atoms with Crippen molar-refractivity contribution in [1.82, 2.24) is 9.80 Å². The molecule has 2 heterocycles. The lowest BCUT2D eigenvalue weighted by Gasteiger charge is -2.47. The van der Waals surface area contributed by atoms with E-state index in [-0.39, 0.29) is 11.8 Å². The number of carbonyl (C=O) groups excluding carboxylic acids is 2. The number of likely N-dealkylation sites (N-methyl/N-ethyl adjacent to an activating group) is 1. The Kier molecular flexibility index (Phi) is 5.85. The molecule has 3 aromatic carbocycles. The number of hydrogen-bond acceptors (Lipinski definition) is 3. The van der Waals surface area contributed by atoms with Crippen molar-refractivity contribution < 1.29 is 9.59 Å². The Morgan fingerprint density at radius 3 is 2.29 bits per heavy atom. The zero-order valence-electron chi connectivity index (χ0n) is 18.6. The summed E-state index contributed by atoms with van der Waals surface area (Å²) in [5.41, 5.74) is 2.51. The Morgan fingerprint density at radius 2 is 1.59 bits per heavy atom. The molecule has 174 valence electrons. The maximum Gasteiger partial charge on any atom is 0.254 e. The van der Waals surface area contributed by atoms with Crippen LogP contribution in [0.4, 0.5) is 5.69 Å². The van der Waals surface area contributed by atoms with Gasteiger partial charge in [0.05, 0.1) is 16.1 Å². The Bertz CT molecular complexity index is 1330. The highest BCUT2D eigenvalue weighted by Gasteiger charge is 2.57. The van der Waals surface area contributed by atoms with Gasteiger partial charge in [0, 0.05) is 42.5 Å². The van der Waals surface area contributed by atoms with Crippen molar-refractivity contribution in [3.63, 3.8) is 0 Å². The van der Waals surface area contributed by atoms with Gasteiger partial charge in [0.15, 0.2) is 5.54 Å². The van der Waals surface area contributed by atoms with Gasteiger partial charge in [-0.25, -0.2) is 0 Å². The van der Waals surface area contributed by atoms with Crippen molar-refractivity contribution in [3.05, 3.63) is 98.0 Å². The highest BCUT2D eigenvalue weighted by Crippen LogP contribution is 2.51. The molecule has 2 aliphatic rings. The summed E-state index contributed by atoms with van der Waals surface area (Å²) in [6, 6.07) is 18.0. The fourth-order valence-electron chi connectivity index (χ4n) is 5.14. The van der Waals surface area contributed by atoms with E-state index in [0.717, 1.165) is 11.1 Å². The zero-order chi connectivity index (χ0) is 24.2. The van der Waals surface area contributed by atoms with E-state index >= 15 is 0 Å². The maximum atomic E-state index is 14.1. The largest absolute Gasteiger partial charge is 0.347 e. The third-order valence-corrected chi connectivity index (χ3v) is 7.75. The SMILES string of the molecule is CN(C)C(=O)[C@@H]1Cc2ccccc2CN1C1(c2ccccc2Cl)C(=O)Nc2cc(Cl)c(Cl)cc21. The van der Waals surface area contributed by atoms with Gasteiger partial charge in [-0.2, -0.15) is 0 Å². The van der Waals surface area contributed by atoms with Crippen LogP contribution in [-0.4, -0.2) is 41.8 Å². The monoisotopic (exact) mass is 513 g/mol. The van der Waals surface area contributed by atoms with Crippen LogP contribution in [0.1, 0.15) is 22.3 Å². The third-order valence-electron chi connectivity index (χ3n) is 6.70. The van der Waals surface area contributed by atoms with Crippen LogP contribution >= 0.6 is 34.8 Å². The van der Waals surface area contributed by atoms with Gasteiger partial charge in [0.1, 0.15) is 0 Å². The van der Waals surface area contributed by atoms with Crippen molar-refractivity contribution >= 4 is 52.3 Å². The maximum absolute atomic E-state index is 14.1. The molecule has 0 aliphatic carbocycles. The van der Waals surface area contributed by atoms with Crippen molar-refractivity contribution in [3.8, 4) is 0 Å². The first-order chi connectivity index (χ1) is 16.2. The van der Waals surface area contributed by atoms with E-state index < -0.39 is 11.6 Å². The van der Waals surface area contributed by atoms with Gasteiger partial charge in [0.2, 0.25) is 5.91 Å². The minimum absolute atomic E-state index is 0.0951. The predicted octanol–water partition coefficient (Wildman–Crippen LogP) is 5.36. The first-order valence-electron chi connectivity index (χ1n) is 10.9. The molecule has 0 saturated carbocycles. The fraction of sp³-hybridized carbons (Fsp3) is 0.231. The summed E-state index contributed by atoms with van der Waals surface area (Å²) in [6.07, 6.45) is 0.462. The number of nitrogens with one attached hydrogen (secondary N) is 1. The molecule has 8 heteroatoms. The van der Waals surface area contributed by atoms with Crippen LogP contribution in [-0.2, 0) is 28.1 Å². The third kappa shape index (κ3) is 3.42. The quantitative estimate of drug-likeness (QED) is 0.512. The smallest absolute Gasteiger partial charge is 0.254 e. The van der Waals surface area contributed by atoms with Crippen LogP contribution < -0.4 is 5.32 Å². The molecule has 5 rings (SSSR count). The van der Waals surface area contributed by atoms with Gasteiger partial charge in [-0.15, -0.1) is 0 Å². The Morgan fingerprint density at radius 1 is 0.941 bits per heavy atom. The molecule has 2 amide bonds. The molecule has 0 spiro atoms. The number of benzene rings is 3. The standard InChI is InChI=1S/C26H22Cl3N3O2/c1-31(2)24(33)23-11-15-7-3-4-8-16(15)14-32(23)26(17-9-5-6-10-19(17)27)18-12-20(28)21(29)13-22(18)30-25(26)34/h3-10,12-13,23H,11,14H2,1-2H3,(H,30,34)/t23-,26?/m0/s1. The van der Waals surface area contributed by atoms with Crippen LogP contribution in [0.3, 0.4) is 0 Å². The molecule has 1 N–H and O–H groups in total. The zero-order valence-corrected chi connectivity index (χ0v) is 20.9. The molecular weight excluding hydrogens is 493 g/mol. The minimum atomic E-state index is -1.38. The average molecular weight is 515 g/mol. The van der Waals surface area contributed by atoms with Gasteiger partial charge in [0.25, 0.3) is 5.91 Å². The highest BCUT2D eigenvalue weighted by molar-refractivity contribution is 6.42. The van der Waals surface area contributed by atoms with Crippen LogP contribution in [0, 0.1) is 0 Å². The summed E-state index contributed by atoms with van der Waals surface area (Å²) in [4.78, 5) is 31.1. The highest BCUT2D eigenvalue weighted by atomic mass is 35.5. The molecule has 1 unspecified atom stereocenters. The molecule has 0 radical (unpaired) electrons. The molecule has 2 atom stereocenters. The van der Waals surface area contributed by atoms with Gasteiger partial charge in [-0.05, 0) is 35.7 Å². The van der Waals surface area contributed by atoms with Crippen LogP contribution in [0.2, 0.25) is 15.1 Å². The molecular formula is C26H22Cl3N3O2. The molecule has 2 aliphatic heterocycles. The van der Waals surface area contributed by atoms with E-state index in [1.54, 1.807) is 37.2 Å². The number of rotatable bonds is 3. The molecule has 34 heavy (non-hydrogen) atoms. The second-order valence-corrected chi connectivity index (χ2v) is 10.0. The van der Waals surface area contributed by atoms with Gasteiger partial charge >= 0.3 is 0 Å². The molecule has 0 saturated heterocycles. The predicted molar refractivity (Wildman–Crippen MR) is 135 cm³/mol. The summed E-state index contributed by atoms with van der Waals surface area (Å²) in [5, 5.41) is 4.06. The first-order valence-corrected chi connectivity index (χ1v) is 12.0.